The lowest BCUT2D eigenvalue weighted by Crippen LogP contribution is -2.64. The number of hydrogen-bond acceptors (Lipinski definition) is 5. The van der Waals surface area contributed by atoms with Gasteiger partial charge >= 0.3 is 12.0 Å². The van der Waals surface area contributed by atoms with Crippen LogP contribution in [0.2, 0.25) is 10.0 Å². The maximum Gasteiger partial charge on any atom is 0.324 e. The summed E-state index contributed by atoms with van der Waals surface area (Å²) in [6.07, 6.45) is 0.345. The molecule has 8 nitrogen and oxygen atoms in total. The molecule has 0 radical (unpaired) electrons. The van der Waals surface area contributed by atoms with Gasteiger partial charge in [0.15, 0.2) is 11.4 Å². The molecule has 2 aromatic carbocycles. The Labute approximate surface area is 207 Å². The summed E-state index contributed by atoms with van der Waals surface area (Å²) in [7, 11) is 0. The van der Waals surface area contributed by atoms with Crippen molar-refractivity contribution in [3.8, 4) is 5.75 Å². The number of benzene rings is 2. The van der Waals surface area contributed by atoms with Gasteiger partial charge in [-0.1, -0.05) is 41.4 Å². The van der Waals surface area contributed by atoms with Gasteiger partial charge in [0.25, 0.3) is 0 Å². The number of carboxylic acid groups (broad SMARTS) is 1. The first kappa shape index (κ1) is 25.8. The molecule has 5 N–H and O–H groups in total. The Kier molecular flexibility index (Phi) is 7.75. The molecule has 2 aromatic rings. The second-order valence-corrected chi connectivity index (χ2v) is 9.79. The second kappa shape index (κ2) is 10.2. The molecule has 182 valence electrons. The molecule has 0 bridgehead atoms. The summed E-state index contributed by atoms with van der Waals surface area (Å²) < 4.78 is 5.88. The quantitative estimate of drug-likeness (QED) is 0.436. The first-order valence-electron chi connectivity index (χ1n) is 10.7. The zero-order valence-corrected chi connectivity index (χ0v) is 20.3. The molecule has 0 aromatic heterocycles. The summed E-state index contributed by atoms with van der Waals surface area (Å²) in [6, 6.07) is 12.4. The molecule has 3 unspecified atom stereocenters. The van der Waals surface area contributed by atoms with Gasteiger partial charge in [0.1, 0.15) is 11.3 Å². The van der Waals surface area contributed by atoms with Crippen LogP contribution in [0.5, 0.6) is 5.75 Å². The first-order chi connectivity index (χ1) is 15.9. The molecule has 0 aliphatic heterocycles. The van der Waals surface area contributed by atoms with Crippen molar-refractivity contribution < 1.29 is 24.2 Å². The van der Waals surface area contributed by atoms with E-state index in [0.29, 0.717) is 21.5 Å². The highest BCUT2D eigenvalue weighted by atomic mass is 35.5. The highest BCUT2D eigenvalue weighted by Gasteiger charge is 2.53. The zero-order valence-electron chi connectivity index (χ0n) is 18.8. The van der Waals surface area contributed by atoms with Gasteiger partial charge in [-0.2, -0.15) is 0 Å². The van der Waals surface area contributed by atoms with Crippen molar-refractivity contribution in [1.29, 1.82) is 0 Å². The van der Waals surface area contributed by atoms with Crippen LogP contribution in [0.15, 0.2) is 48.5 Å². The largest absolute Gasteiger partial charge is 0.480 e. The fourth-order valence-corrected chi connectivity index (χ4v) is 4.69. The van der Waals surface area contributed by atoms with Crippen LogP contribution in [0.25, 0.3) is 0 Å². The van der Waals surface area contributed by atoms with Crippen molar-refractivity contribution in [2.24, 2.45) is 11.7 Å². The van der Waals surface area contributed by atoms with E-state index >= 15 is 0 Å². The summed E-state index contributed by atoms with van der Waals surface area (Å²) in [4.78, 5) is 38.1. The number of carbonyl (C=O) groups excluding carboxylic acids is 2. The van der Waals surface area contributed by atoms with Crippen LogP contribution in [0.1, 0.15) is 33.1 Å². The fourth-order valence-electron chi connectivity index (χ4n) is 4.16. The molecule has 34 heavy (non-hydrogen) atoms. The Hall–Kier alpha value is -2.81. The van der Waals surface area contributed by atoms with Gasteiger partial charge in [0.2, 0.25) is 0 Å². The van der Waals surface area contributed by atoms with Crippen molar-refractivity contribution >= 4 is 46.7 Å². The Balaban J connectivity index is 1.75. The fraction of sp³-hybridized carbons (Fsp3) is 0.375. The van der Waals surface area contributed by atoms with E-state index in [1.165, 1.54) is 6.07 Å². The maximum absolute atomic E-state index is 13.5. The average Bonchev–Trinajstić information content (AvgIpc) is 2.74. The number of anilines is 1. The minimum atomic E-state index is -1.77. The van der Waals surface area contributed by atoms with Crippen LogP contribution in [0, 0.1) is 5.92 Å². The molecule has 3 atom stereocenters. The summed E-state index contributed by atoms with van der Waals surface area (Å²) in [5, 5.41) is 16.0. The third-order valence-corrected chi connectivity index (χ3v) is 6.36. The third-order valence-electron chi connectivity index (χ3n) is 5.93. The maximum atomic E-state index is 13.5. The van der Waals surface area contributed by atoms with Gasteiger partial charge in [-0.05, 0) is 63.4 Å². The normalized spacial score (nSPS) is 22.5. The van der Waals surface area contributed by atoms with Gasteiger partial charge in [0, 0.05) is 21.8 Å². The van der Waals surface area contributed by atoms with Crippen molar-refractivity contribution in [2.75, 3.05) is 5.32 Å². The molecule has 1 aliphatic carbocycles. The van der Waals surface area contributed by atoms with Crippen LogP contribution >= 0.6 is 23.2 Å². The number of ether oxygens (including phenoxy) is 1. The number of carboxylic acids is 1. The molecule has 0 saturated heterocycles. The number of Topliss-reactive ketones (excluding diaryl/α,β-unsaturated/α-hetero) is 1. The Morgan fingerprint density at radius 3 is 2.32 bits per heavy atom. The average molecular weight is 508 g/mol. The SMILES string of the molecule is CC(C)(Oc1ccccc1)C(=O)C1CC(NC(=O)Nc2cc(Cl)cc(Cl)c2)CCC1(N)C(=O)O. The van der Waals surface area contributed by atoms with E-state index in [4.69, 9.17) is 33.7 Å². The van der Waals surface area contributed by atoms with Crippen LogP contribution in [-0.2, 0) is 9.59 Å². The number of nitrogens with one attached hydrogen (secondary N) is 2. The summed E-state index contributed by atoms with van der Waals surface area (Å²) >= 11 is 11.9. The molecular formula is C24H27Cl2N3O5. The molecule has 3 rings (SSSR count). The lowest BCUT2D eigenvalue weighted by molar-refractivity contribution is -0.155. The van der Waals surface area contributed by atoms with Crippen LogP contribution < -0.4 is 21.1 Å². The van der Waals surface area contributed by atoms with Crippen molar-refractivity contribution in [2.45, 2.75) is 50.3 Å². The Morgan fingerprint density at radius 2 is 1.74 bits per heavy atom. The molecule has 0 spiro atoms. The molecule has 1 aliphatic rings. The van der Waals surface area contributed by atoms with Gasteiger partial charge < -0.3 is 26.2 Å². The number of hydrogen-bond donors (Lipinski definition) is 4. The minimum absolute atomic E-state index is 0.00803. The number of ketones is 1. The minimum Gasteiger partial charge on any atom is -0.480 e. The number of halogens is 2. The van der Waals surface area contributed by atoms with Crippen LogP contribution in [0.4, 0.5) is 10.5 Å². The van der Waals surface area contributed by atoms with E-state index in [1.807, 2.05) is 6.07 Å². The van der Waals surface area contributed by atoms with E-state index in [-0.39, 0.29) is 19.3 Å². The van der Waals surface area contributed by atoms with Crippen LogP contribution in [-0.4, -0.2) is 40.1 Å². The smallest absolute Gasteiger partial charge is 0.324 e. The lowest BCUT2D eigenvalue weighted by atomic mass is 9.67. The lowest BCUT2D eigenvalue weighted by Gasteiger charge is -2.43. The topological polar surface area (TPSA) is 131 Å². The van der Waals surface area contributed by atoms with Gasteiger partial charge in [0.05, 0.1) is 5.92 Å². The second-order valence-electron chi connectivity index (χ2n) is 8.92. The summed E-state index contributed by atoms with van der Waals surface area (Å²) in [6.45, 7) is 3.16. The monoisotopic (exact) mass is 507 g/mol. The van der Waals surface area contributed by atoms with Gasteiger partial charge in [-0.15, -0.1) is 0 Å². The van der Waals surface area contributed by atoms with Gasteiger partial charge in [-0.3, -0.25) is 9.59 Å². The number of carbonyl (C=O) groups is 3. The summed E-state index contributed by atoms with van der Waals surface area (Å²) in [5.41, 5.74) is 3.54. The highest BCUT2D eigenvalue weighted by molar-refractivity contribution is 6.35. The number of rotatable bonds is 7. The van der Waals surface area contributed by atoms with E-state index in [0.717, 1.165) is 0 Å². The Bertz CT molecular complexity index is 1060. The van der Waals surface area contributed by atoms with E-state index in [9.17, 15) is 19.5 Å². The highest BCUT2D eigenvalue weighted by Crippen LogP contribution is 2.37. The van der Waals surface area contributed by atoms with Crippen molar-refractivity contribution in [1.82, 2.24) is 5.32 Å². The predicted octanol–water partition coefficient (Wildman–Crippen LogP) is 4.49. The number of para-hydroxylation sites is 1. The predicted molar refractivity (Wildman–Crippen MR) is 130 cm³/mol. The zero-order chi connectivity index (χ0) is 25.1. The number of amides is 2. The molecular weight excluding hydrogens is 481 g/mol. The summed E-state index contributed by atoms with van der Waals surface area (Å²) in [5.74, 6) is -2.32. The standard InChI is InChI=1S/C24H27Cl2N3O5/c1-23(2,34-18-6-4-3-5-7-18)20(30)19-13-16(8-9-24(19,27)21(31)32)28-22(33)29-17-11-14(25)10-15(26)12-17/h3-7,10-12,16,19H,8-9,13,27H2,1-2H3,(H,31,32)(H2,28,29,33). The molecule has 2 amide bonds. The van der Waals surface area contributed by atoms with E-state index in [1.54, 1.807) is 50.2 Å². The number of urea groups is 1. The van der Waals surface area contributed by atoms with Crippen molar-refractivity contribution in [3.05, 3.63) is 58.6 Å². The first-order valence-corrected chi connectivity index (χ1v) is 11.5. The van der Waals surface area contributed by atoms with E-state index in [2.05, 4.69) is 10.6 Å². The number of aliphatic carboxylic acids is 1. The molecule has 0 heterocycles. The van der Waals surface area contributed by atoms with Crippen molar-refractivity contribution in [3.63, 3.8) is 0 Å². The van der Waals surface area contributed by atoms with Crippen LogP contribution in [0.3, 0.4) is 0 Å². The third kappa shape index (κ3) is 6.00. The van der Waals surface area contributed by atoms with E-state index < -0.39 is 40.9 Å². The molecule has 1 saturated carbocycles. The number of nitrogens with two attached hydrogens (primary N) is 1. The molecule has 10 heteroatoms. The molecule has 1 fully saturated rings. The van der Waals surface area contributed by atoms with Gasteiger partial charge in [-0.25, -0.2) is 4.79 Å². The Morgan fingerprint density at radius 1 is 1.12 bits per heavy atom.